The second-order valence-electron chi connectivity index (χ2n) is 6.15. The van der Waals surface area contributed by atoms with Gasteiger partial charge in [-0.05, 0) is 37.8 Å². The number of thiazole rings is 1. The van der Waals surface area contributed by atoms with E-state index in [1.165, 1.54) is 18.2 Å². The minimum Gasteiger partial charge on any atom is -0.337 e. The molecular weight excluding hydrogens is 332 g/mol. The standard InChI is InChI=1S/C17H19F2N3OS/c1-10(20)11-4-3-7-22(8-11)17(23)14-9-24-16(21-14)15-12(18)5-2-6-13(15)19/h2,5-6,9-11H,3-4,7-8,20H2,1H3. The zero-order valence-electron chi connectivity index (χ0n) is 13.3. The number of hydrogen-bond acceptors (Lipinski definition) is 4. The molecule has 2 aromatic rings. The van der Waals surface area contributed by atoms with Crippen LogP contribution in [-0.2, 0) is 0 Å². The third kappa shape index (κ3) is 3.32. The van der Waals surface area contributed by atoms with Gasteiger partial charge in [0.15, 0.2) is 0 Å². The number of nitrogens with zero attached hydrogens (tertiary/aromatic N) is 2. The monoisotopic (exact) mass is 351 g/mol. The number of benzene rings is 1. The molecule has 1 aliphatic heterocycles. The largest absolute Gasteiger partial charge is 0.337 e. The van der Waals surface area contributed by atoms with Crippen LogP contribution in [-0.4, -0.2) is 34.9 Å². The summed E-state index contributed by atoms with van der Waals surface area (Å²) in [4.78, 5) is 18.5. The minimum atomic E-state index is -0.682. The van der Waals surface area contributed by atoms with E-state index in [2.05, 4.69) is 4.98 Å². The number of hydrogen-bond donors (Lipinski definition) is 1. The van der Waals surface area contributed by atoms with Gasteiger partial charge in [-0.2, -0.15) is 0 Å². The van der Waals surface area contributed by atoms with Crippen molar-refractivity contribution in [3.05, 3.63) is 40.9 Å². The first kappa shape index (κ1) is 17.0. The molecule has 0 aliphatic carbocycles. The van der Waals surface area contributed by atoms with Gasteiger partial charge < -0.3 is 10.6 Å². The van der Waals surface area contributed by atoms with Gasteiger partial charge in [-0.1, -0.05) is 6.07 Å². The van der Waals surface area contributed by atoms with Crippen LogP contribution in [0, 0.1) is 17.6 Å². The van der Waals surface area contributed by atoms with E-state index in [0.717, 1.165) is 24.2 Å². The highest BCUT2D eigenvalue weighted by atomic mass is 32.1. The van der Waals surface area contributed by atoms with Crippen molar-refractivity contribution in [2.75, 3.05) is 13.1 Å². The Labute approximate surface area is 143 Å². The molecule has 2 heterocycles. The fraction of sp³-hybridized carbons (Fsp3) is 0.412. The maximum atomic E-state index is 13.9. The molecule has 1 saturated heterocycles. The Balaban J connectivity index is 1.81. The van der Waals surface area contributed by atoms with Crippen molar-refractivity contribution in [1.82, 2.24) is 9.88 Å². The lowest BCUT2D eigenvalue weighted by Crippen LogP contribution is -2.45. The molecule has 2 atom stereocenters. The molecule has 1 aromatic heterocycles. The number of aromatic nitrogens is 1. The molecule has 0 radical (unpaired) electrons. The highest BCUT2D eigenvalue weighted by Gasteiger charge is 2.28. The Hall–Kier alpha value is -1.86. The number of halogens is 2. The number of carbonyl (C=O) groups is 1. The average molecular weight is 351 g/mol. The Morgan fingerprint density at radius 2 is 2.12 bits per heavy atom. The van der Waals surface area contributed by atoms with Gasteiger partial charge in [-0.3, -0.25) is 4.79 Å². The van der Waals surface area contributed by atoms with Crippen LogP contribution in [0.25, 0.3) is 10.6 Å². The summed E-state index contributed by atoms with van der Waals surface area (Å²) in [7, 11) is 0. The summed E-state index contributed by atoms with van der Waals surface area (Å²) in [6.07, 6.45) is 1.90. The summed E-state index contributed by atoms with van der Waals surface area (Å²) in [5.41, 5.74) is 5.99. The van der Waals surface area contributed by atoms with Crippen LogP contribution in [0.1, 0.15) is 30.3 Å². The molecule has 128 valence electrons. The molecule has 7 heteroatoms. The molecule has 2 unspecified atom stereocenters. The van der Waals surface area contributed by atoms with Gasteiger partial charge in [0.25, 0.3) is 5.91 Å². The van der Waals surface area contributed by atoms with Gasteiger partial charge in [0.2, 0.25) is 0 Å². The number of amides is 1. The molecule has 1 aliphatic rings. The van der Waals surface area contributed by atoms with E-state index in [0.29, 0.717) is 13.1 Å². The van der Waals surface area contributed by atoms with Crippen LogP contribution in [0.2, 0.25) is 0 Å². The highest BCUT2D eigenvalue weighted by molar-refractivity contribution is 7.13. The first-order valence-electron chi connectivity index (χ1n) is 7.92. The normalized spacial score (nSPS) is 19.3. The Morgan fingerprint density at radius 1 is 1.42 bits per heavy atom. The van der Waals surface area contributed by atoms with Crippen LogP contribution in [0.5, 0.6) is 0 Å². The average Bonchev–Trinajstić information content (AvgIpc) is 3.03. The van der Waals surface area contributed by atoms with Gasteiger partial charge in [0.05, 0.1) is 5.56 Å². The Bertz CT molecular complexity index is 727. The van der Waals surface area contributed by atoms with Crippen molar-refractivity contribution in [3.8, 4) is 10.6 Å². The van der Waals surface area contributed by atoms with Crippen molar-refractivity contribution in [2.24, 2.45) is 11.7 Å². The zero-order chi connectivity index (χ0) is 17.3. The predicted molar refractivity (Wildman–Crippen MR) is 89.7 cm³/mol. The summed E-state index contributed by atoms with van der Waals surface area (Å²) in [5.74, 6) is -1.30. The molecule has 1 fully saturated rings. The first-order valence-corrected chi connectivity index (χ1v) is 8.80. The molecule has 1 amide bonds. The van der Waals surface area contributed by atoms with E-state index in [1.54, 1.807) is 10.3 Å². The van der Waals surface area contributed by atoms with Gasteiger partial charge >= 0.3 is 0 Å². The summed E-state index contributed by atoms with van der Waals surface area (Å²) in [5, 5.41) is 1.73. The fourth-order valence-corrected chi connectivity index (χ4v) is 3.82. The number of likely N-dealkylation sites (tertiary alicyclic amines) is 1. The molecule has 3 rings (SSSR count). The third-order valence-electron chi connectivity index (χ3n) is 4.39. The quantitative estimate of drug-likeness (QED) is 0.923. The van der Waals surface area contributed by atoms with Crippen LogP contribution in [0.3, 0.4) is 0 Å². The summed E-state index contributed by atoms with van der Waals surface area (Å²) >= 11 is 1.07. The van der Waals surface area contributed by atoms with E-state index < -0.39 is 11.6 Å². The summed E-state index contributed by atoms with van der Waals surface area (Å²) < 4.78 is 27.7. The number of nitrogens with two attached hydrogens (primary N) is 1. The molecule has 0 bridgehead atoms. The van der Waals surface area contributed by atoms with Gasteiger partial charge in [-0.25, -0.2) is 13.8 Å². The number of carbonyl (C=O) groups excluding carboxylic acids is 1. The van der Waals surface area contributed by atoms with Gasteiger partial charge in [0, 0.05) is 24.5 Å². The second-order valence-corrected chi connectivity index (χ2v) is 7.01. The summed E-state index contributed by atoms with van der Waals surface area (Å²) in [6, 6.07) is 3.69. The predicted octanol–water partition coefficient (Wildman–Crippen LogP) is 3.29. The van der Waals surface area contributed by atoms with Crippen LogP contribution >= 0.6 is 11.3 Å². The number of rotatable bonds is 3. The lowest BCUT2D eigenvalue weighted by Gasteiger charge is -2.34. The van der Waals surface area contributed by atoms with Crippen molar-refractivity contribution in [1.29, 1.82) is 0 Å². The van der Waals surface area contributed by atoms with Crippen LogP contribution in [0.4, 0.5) is 8.78 Å². The molecule has 24 heavy (non-hydrogen) atoms. The fourth-order valence-electron chi connectivity index (χ4n) is 2.97. The zero-order valence-corrected chi connectivity index (χ0v) is 14.2. The molecule has 0 saturated carbocycles. The highest BCUT2D eigenvalue weighted by Crippen LogP contribution is 2.29. The topological polar surface area (TPSA) is 59.2 Å². The smallest absolute Gasteiger partial charge is 0.273 e. The van der Waals surface area contributed by atoms with Crippen LogP contribution < -0.4 is 5.73 Å². The van der Waals surface area contributed by atoms with Crippen molar-refractivity contribution in [2.45, 2.75) is 25.8 Å². The molecular formula is C17H19F2N3OS. The van der Waals surface area contributed by atoms with E-state index >= 15 is 0 Å². The van der Waals surface area contributed by atoms with E-state index in [-0.39, 0.29) is 34.1 Å². The molecule has 2 N–H and O–H groups in total. The number of piperidine rings is 1. The van der Waals surface area contributed by atoms with Gasteiger partial charge in [0.1, 0.15) is 22.3 Å². The maximum absolute atomic E-state index is 13.9. The molecule has 4 nitrogen and oxygen atoms in total. The Kier molecular flexibility index (Phi) is 4.91. The Morgan fingerprint density at radius 3 is 2.79 bits per heavy atom. The van der Waals surface area contributed by atoms with E-state index in [9.17, 15) is 13.6 Å². The molecule has 0 spiro atoms. The van der Waals surface area contributed by atoms with E-state index in [1.807, 2.05) is 6.92 Å². The SMILES string of the molecule is CC(N)C1CCCN(C(=O)c2csc(-c3c(F)cccc3F)n2)C1. The summed E-state index contributed by atoms with van der Waals surface area (Å²) in [6.45, 7) is 3.20. The second kappa shape index (κ2) is 6.94. The van der Waals surface area contributed by atoms with E-state index in [4.69, 9.17) is 5.73 Å². The van der Waals surface area contributed by atoms with Crippen molar-refractivity contribution >= 4 is 17.2 Å². The van der Waals surface area contributed by atoms with Crippen LogP contribution in [0.15, 0.2) is 23.6 Å². The minimum absolute atomic E-state index is 0.0269. The van der Waals surface area contributed by atoms with Crippen molar-refractivity contribution in [3.63, 3.8) is 0 Å². The maximum Gasteiger partial charge on any atom is 0.273 e. The third-order valence-corrected chi connectivity index (χ3v) is 5.25. The first-order chi connectivity index (χ1) is 11.5. The lowest BCUT2D eigenvalue weighted by molar-refractivity contribution is 0.0656. The molecule has 1 aromatic carbocycles. The van der Waals surface area contributed by atoms with Crippen molar-refractivity contribution < 1.29 is 13.6 Å². The lowest BCUT2D eigenvalue weighted by atomic mass is 9.92. The van der Waals surface area contributed by atoms with Gasteiger partial charge in [-0.15, -0.1) is 11.3 Å².